The molecule has 0 fully saturated rings. The fraction of sp³-hybridized carbons (Fsp3) is 0.261. The summed E-state index contributed by atoms with van der Waals surface area (Å²) in [4.78, 5) is 29.1. The number of aromatic nitrogens is 2. The number of carbonyl (C=O) groups excluding carboxylic acids is 2. The first-order valence-corrected chi connectivity index (χ1v) is 9.83. The molecule has 3 rings (SSSR count). The summed E-state index contributed by atoms with van der Waals surface area (Å²) in [7, 11) is 0. The molecule has 8 heteroatoms. The summed E-state index contributed by atoms with van der Waals surface area (Å²) in [5.41, 5.74) is 0.160. The number of amides is 1. The van der Waals surface area contributed by atoms with Gasteiger partial charge in [-0.2, -0.15) is 0 Å². The van der Waals surface area contributed by atoms with Crippen LogP contribution in [0.3, 0.4) is 0 Å². The molecule has 1 atom stereocenters. The molecule has 0 unspecified atom stereocenters. The summed E-state index contributed by atoms with van der Waals surface area (Å²) >= 11 is 0. The van der Waals surface area contributed by atoms with Crippen molar-refractivity contribution in [2.75, 3.05) is 6.61 Å². The Morgan fingerprint density at radius 2 is 1.77 bits per heavy atom. The monoisotopic (exact) mass is 427 g/mol. The normalized spacial score (nSPS) is 11.9. The van der Waals surface area contributed by atoms with Crippen molar-refractivity contribution in [2.24, 2.45) is 5.92 Å². The highest BCUT2D eigenvalue weighted by atomic mass is 19.1. The van der Waals surface area contributed by atoms with Gasteiger partial charge in [-0.05, 0) is 29.2 Å². The van der Waals surface area contributed by atoms with Crippen LogP contribution >= 0.6 is 0 Å². The van der Waals surface area contributed by atoms with Gasteiger partial charge in [0.2, 0.25) is 0 Å². The Hall–Kier alpha value is -3.55. The van der Waals surface area contributed by atoms with Gasteiger partial charge in [-0.25, -0.2) is 18.6 Å². The molecular weight excluding hydrogens is 404 g/mol. The van der Waals surface area contributed by atoms with Gasteiger partial charge in [0.1, 0.15) is 23.2 Å². The Morgan fingerprint density at radius 3 is 2.35 bits per heavy atom. The van der Waals surface area contributed by atoms with E-state index in [1.165, 1.54) is 12.5 Å². The Bertz CT molecular complexity index is 1010. The Kier molecular flexibility index (Phi) is 7.12. The lowest BCUT2D eigenvalue weighted by molar-refractivity contribution is -0.147. The third kappa shape index (κ3) is 5.75. The Labute approximate surface area is 178 Å². The van der Waals surface area contributed by atoms with Crippen LogP contribution in [0.5, 0.6) is 0 Å². The second kappa shape index (κ2) is 9.97. The zero-order valence-electron chi connectivity index (χ0n) is 17.2. The van der Waals surface area contributed by atoms with Gasteiger partial charge in [0.05, 0.1) is 19.5 Å². The molecule has 0 aliphatic carbocycles. The predicted molar refractivity (Wildman–Crippen MR) is 111 cm³/mol. The van der Waals surface area contributed by atoms with Gasteiger partial charge in [0.15, 0.2) is 0 Å². The zero-order valence-corrected chi connectivity index (χ0v) is 17.2. The Balaban J connectivity index is 1.82. The number of benzene rings is 2. The van der Waals surface area contributed by atoms with Crippen LogP contribution in [0.1, 0.15) is 24.2 Å². The summed E-state index contributed by atoms with van der Waals surface area (Å²) in [5.74, 6) is -3.69. The number of halogens is 2. The molecule has 31 heavy (non-hydrogen) atoms. The molecule has 0 spiro atoms. The molecule has 0 bridgehead atoms. The molecule has 1 amide bonds. The van der Waals surface area contributed by atoms with Crippen LogP contribution in [0.4, 0.5) is 8.78 Å². The van der Waals surface area contributed by atoms with Crippen LogP contribution in [0.25, 0.3) is 11.1 Å². The van der Waals surface area contributed by atoms with E-state index in [1.54, 1.807) is 41.1 Å². The summed E-state index contributed by atoms with van der Waals surface area (Å²) in [5, 5.41) is 2.39. The van der Waals surface area contributed by atoms with Gasteiger partial charge in [0, 0.05) is 12.4 Å². The van der Waals surface area contributed by atoms with Crippen LogP contribution in [0, 0.1) is 17.6 Å². The molecule has 1 aromatic heterocycles. The molecule has 0 aliphatic heterocycles. The first kappa shape index (κ1) is 22.1. The van der Waals surface area contributed by atoms with E-state index in [0.29, 0.717) is 11.1 Å². The number of rotatable bonds is 8. The van der Waals surface area contributed by atoms with Crippen LogP contribution in [0.2, 0.25) is 0 Å². The van der Waals surface area contributed by atoms with E-state index in [-0.39, 0.29) is 19.1 Å². The molecule has 2 aromatic carbocycles. The summed E-state index contributed by atoms with van der Waals surface area (Å²) < 4.78 is 36.2. The molecule has 6 nitrogen and oxygen atoms in total. The molecular formula is C23H23F2N3O3. The van der Waals surface area contributed by atoms with Crippen molar-refractivity contribution in [1.29, 1.82) is 0 Å². The van der Waals surface area contributed by atoms with Crippen molar-refractivity contribution < 1.29 is 23.1 Å². The van der Waals surface area contributed by atoms with Gasteiger partial charge in [0.25, 0.3) is 5.91 Å². The molecule has 0 aliphatic rings. The van der Waals surface area contributed by atoms with Crippen molar-refractivity contribution in [1.82, 2.24) is 14.9 Å². The maximum atomic E-state index is 14.7. The Morgan fingerprint density at radius 1 is 1.10 bits per heavy atom. The number of imidazole rings is 1. The number of nitrogens with zero attached hydrogens (tertiary/aromatic N) is 2. The number of ether oxygens (including phenoxy) is 1. The van der Waals surface area contributed by atoms with Crippen LogP contribution in [0.15, 0.2) is 61.2 Å². The van der Waals surface area contributed by atoms with Crippen molar-refractivity contribution in [3.05, 3.63) is 78.4 Å². The number of hydrogen-bond donors (Lipinski definition) is 1. The lowest BCUT2D eigenvalue weighted by Gasteiger charge is -2.19. The lowest BCUT2D eigenvalue weighted by atomic mass is 10.0. The summed E-state index contributed by atoms with van der Waals surface area (Å²) in [6.07, 6.45) is 4.58. The highest BCUT2D eigenvalue weighted by Crippen LogP contribution is 2.24. The zero-order chi connectivity index (χ0) is 22.4. The smallest absolute Gasteiger partial charge is 0.330 e. The number of esters is 1. The van der Waals surface area contributed by atoms with E-state index in [1.807, 2.05) is 13.8 Å². The van der Waals surface area contributed by atoms with Crippen LogP contribution in [-0.2, 0) is 16.1 Å². The quantitative estimate of drug-likeness (QED) is 0.555. The predicted octanol–water partition coefficient (Wildman–Crippen LogP) is 3.83. The second-order valence-electron chi connectivity index (χ2n) is 7.49. The molecule has 3 aromatic rings. The van der Waals surface area contributed by atoms with Gasteiger partial charge in [-0.3, -0.25) is 4.79 Å². The number of carbonyl (C=O) groups is 2. The van der Waals surface area contributed by atoms with Gasteiger partial charge < -0.3 is 14.6 Å². The second-order valence-corrected chi connectivity index (χ2v) is 7.49. The van der Waals surface area contributed by atoms with Crippen LogP contribution < -0.4 is 5.32 Å². The first-order valence-electron chi connectivity index (χ1n) is 9.83. The minimum absolute atomic E-state index is 0.00794. The molecule has 0 radical (unpaired) electrons. The fourth-order valence-corrected chi connectivity index (χ4v) is 2.95. The third-order valence-corrected chi connectivity index (χ3v) is 4.48. The van der Waals surface area contributed by atoms with E-state index < -0.39 is 35.1 Å². The molecule has 162 valence electrons. The first-order chi connectivity index (χ1) is 14.8. The van der Waals surface area contributed by atoms with Crippen molar-refractivity contribution >= 4 is 11.9 Å². The third-order valence-electron chi connectivity index (χ3n) is 4.48. The average molecular weight is 427 g/mol. The maximum absolute atomic E-state index is 14.7. The van der Waals surface area contributed by atoms with Crippen molar-refractivity contribution in [3.8, 4) is 11.1 Å². The minimum Gasteiger partial charge on any atom is -0.464 e. The number of hydrogen-bond acceptors (Lipinski definition) is 4. The SMILES string of the molecule is CC(C)COC(=O)[C@H](Cn1ccnc1)NC(=O)c1c(F)cc(-c2ccccc2)cc1F. The topological polar surface area (TPSA) is 73.2 Å². The molecule has 0 saturated heterocycles. The summed E-state index contributed by atoms with van der Waals surface area (Å²) in [6.45, 7) is 3.91. The standard InChI is InChI=1S/C23H23F2N3O3/c1-15(2)13-31-23(30)20(12-28-9-8-26-14-28)27-22(29)21-18(24)10-17(11-19(21)25)16-6-4-3-5-7-16/h3-11,14-15,20H,12-13H2,1-2H3,(H,27,29)/t20-/m0/s1. The van der Waals surface area contributed by atoms with E-state index in [9.17, 15) is 18.4 Å². The molecule has 1 N–H and O–H groups in total. The van der Waals surface area contributed by atoms with Gasteiger partial charge >= 0.3 is 5.97 Å². The highest BCUT2D eigenvalue weighted by molar-refractivity contribution is 5.97. The number of nitrogens with one attached hydrogen (secondary N) is 1. The minimum atomic E-state index is -1.15. The van der Waals surface area contributed by atoms with Crippen molar-refractivity contribution in [2.45, 2.75) is 26.4 Å². The van der Waals surface area contributed by atoms with E-state index in [0.717, 1.165) is 12.1 Å². The maximum Gasteiger partial charge on any atom is 0.330 e. The fourth-order valence-electron chi connectivity index (χ4n) is 2.95. The molecule has 0 saturated carbocycles. The van der Waals surface area contributed by atoms with Crippen LogP contribution in [-0.4, -0.2) is 34.1 Å². The molecule has 1 heterocycles. The van der Waals surface area contributed by atoms with E-state index in [2.05, 4.69) is 10.3 Å². The van der Waals surface area contributed by atoms with Crippen molar-refractivity contribution in [3.63, 3.8) is 0 Å². The highest BCUT2D eigenvalue weighted by Gasteiger charge is 2.27. The van der Waals surface area contributed by atoms with Gasteiger partial charge in [-0.1, -0.05) is 44.2 Å². The lowest BCUT2D eigenvalue weighted by Crippen LogP contribution is -2.45. The summed E-state index contributed by atoms with van der Waals surface area (Å²) in [6, 6.07) is 9.74. The van der Waals surface area contributed by atoms with E-state index >= 15 is 0 Å². The van der Waals surface area contributed by atoms with E-state index in [4.69, 9.17) is 4.74 Å². The average Bonchev–Trinajstić information content (AvgIpc) is 3.24. The van der Waals surface area contributed by atoms with Gasteiger partial charge in [-0.15, -0.1) is 0 Å². The largest absolute Gasteiger partial charge is 0.464 e.